The zero-order valence-electron chi connectivity index (χ0n) is 13.2. The standard InChI is InChI=1S/C15H26N2O4/c1-5-9(3)21-13-8-11(15(19)20-6-2)7-12(16)14(13)17-10(4)18/h8-9,12-14H,5-7,16H2,1-4H3,(H,17,18)/t9-,12-,13-,14+/m0/s1. The molecule has 0 aromatic rings. The third kappa shape index (κ3) is 5.13. The van der Waals surface area contributed by atoms with Crippen molar-refractivity contribution in [3.63, 3.8) is 0 Å². The summed E-state index contributed by atoms with van der Waals surface area (Å²) in [5.74, 6) is -0.534. The van der Waals surface area contributed by atoms with Gasteiger partial charge < -0.3 is 20.5 Å². The minimum absolute atomic E-state index is 0.0104. The lowest BCUT2D eigenvalue weighted by Gasteiger charge is -2.36. The predicted octanol–water partition coefficient (Wildman–Crippen LogP) is 0.895. The van der Waals surface area contributed by atoms with E-state index in [1.807, 2.05) is 13.8 Å². The molecule has 0 bridgehead atoms. The molecule has 0 unspecified atom stereocenters. The van der Waals surface area contributed by atoms with E-state index in [1.54, 1.807) is 13.0 Å². The molecule has 0 fully saturated rings. The summed E-state index contributed by atoms with van der Waals surface area (Å²) >= 11 is 0. The van der Waals surface area contributed by atoms with Crippen molar-refractivity contribution in [2.75, 3.05) is 6.61 Å². The number of nitrogens with two attached hydrogens (primary N) is 1. The maximum atomic E-state index is 11.9. The Morgan fingerprint density at radius 2 is 2.14 bits per heavy atom. The third-order valence-electron chi connectivity index (χ3n) is 3.51. The molecule has 3 N–H and O–H groups in total. The molecule has 1 aliphatic carbocycles. The molecular formula is C15H26N2O4. The highest BCUT2D eigenvalue weighted by molar-refractivity contribution is 5.89. The minimum Gasteiger partial charge on any atom is -0.463 e. The number of hydrogen-bond acceptors (Lipinski definition) is 5. The van der Waals surface area contributed by atoms with Crippen molar-refractivity contribution in [2.24, 2.45) is 5.73 Å². The Kier molecular flexibility index (Phi) is 6.84. The molecule has 0 aliphatic heterocycles. The quantitative estimate of drug-likeness (QED) is 0.711. The monoisotopic (exact) mass is 298 g/mol. The Morgan fingerprint density at radius 1 is 1.48 bits per heavy atom. The van der Waals surface area contributed by atoms with Gasteiger partial charge in [-0.3, -0.25) is 4.79 Å². The molecule has 21 heavy (non-hydrogen) atoms. The molecule has 0 spiro atoms. The van der Waals surface area contributed by atoms with Gasteiger partial charge in [0.2, 0.25) is 5.91 Å². The topological polar surface area (TPSA) is 90.6 Å². The van der Waals surface area contributed by atoms with Crippen molar-refractivity contribution >= 4 is 11.9 Å². The first-order chi connectivity index (χ1) is 9.88. The Morgan fingerprint density at radius 3 is 2.67 bits per heavy atom. The zero-order chi connectivity index (χ0) is 16.0. The van der Waals surface area contributed by atoms with Crippen LogP contribution >= 0.6 is 0 Å². The van der Waals surface area contributed by atoms with E-state index in [9.17, 15) is 9.59 Å². The molecule has 0 aromatic heterocycles. The number of ether oxygens (including phenoxy) is 2. The smallest absolute Gasteiger partial charge is 0.333 e. The van der Waals surface area contributed by atoms with Crippen LogP contribution in [0, 0.1) is 0 Å². The van der Waals surface area contributed by atoms with Gasteiger partial charge in [-0.15, -0.1) is 0 Å². The second kappa shape index (κ2) is 8.14. The summed E-state index contributed by atoms with van der Waals surface area (Å²) < 4.78 is 10.9. The van der Waals surface area contributed by atoms with E-state index in [2.05, 4.69) is 5.32 Å². The highest BCUT2D eigenvalue weighted by Crippen LogP contribution is 2.23. The molecular weight excluding hydrogens is 272 g/mol. The van der Waals surface area contributed by atoms with Gasteiger partial charge in [0.25, 0.3) is 0 Å². The number of hydrogen-bond donors (Lipinski definition) is 2. The summed E-state index contributed by atoms with van der Waals surface area (Å²) in [6.07, 6.45) is 2.52. The van der Waals surface area contributed by atoms with Crippen LogP contribution < -0.4 is 11.1 Å². The second-order valence-corrected chi connectivity index (χ2v) is 5.33. The SMILES string of the molecule is CCOC(=O)C1=C[C@H](O[C@@H](C)CC)[C@H](NC(C)=O)[C@@H](N)C1. The van der Waals surface area contributed by atoms with E-state index in [4.69, 9.17) is 15.2 Å². The van der Waals surface area contributed by atoms with Gasteiger partial charge in [-0.1, -0.05) is 6.92 Å². The summed E-state index contributed by atoms with van der Waals surface area (Å²) in [5.41, 5.74) is 6.63. The van der Waals surface area contributed by atoms with Crippen LogP contribution in [0.1, 0.15) is 40.5 Å². The van der Waals surface area contributed by atoms with Crippen molar-refractivity contribution in [3.05, 3.63) is 11.6 Å². The molecule has 120 valence electrons. The average molecular weight is 298 g/mol. The van der Waals surface area contributed by atoms with E-state index < -0.39 is 6.10 Å². The van der Waals surface area contributed by atoms with Gasteiger partial charge in [-0.2, -0.15) is 0 Å². The fourth-order valence-electron chi connectivity index (χ4n) is 2.28. The van der Waals surface area contributed by atoms with Crippen LogP contribution in [0.3, 0.4) is 0 Å². The highest BCUT2D eigenvalue weighted by Gasteiger charge is 2.35. The van der Waals surface area contributed by atoms with E-state index >= 15 is 0 Å². The molecule has 0 saturated heterocycles. The van der Waals surface area contributed by atoms with Gasteiger partial charge in [0.05, 0.1) is 24.9 Å². The molecule has 0 radical (unpaired) electrons. The zero-order valence-corrected chi connectivity index (χ0v) is 13.2. The molecule has 0 saturated carbocycles. The van der Waals surface area contributed by atoms with E-state index in [1.165, 1.54) is 6.92 Å². The first-order valence-electron chi connectivity index (χ1n) is 7.44. The van der Waals surface area contributed by atoms with Gasteiger partial charge in [-0.25, -0.2) is 4.79 Å². The summed E-state index contributed by atoms with van der Waals surface area (Å²) in [6, 6.07) is -0.720. The van der Waals surface area contributed by atoms with E-state index in [0.29, 0.717) is 18.6 Å². The maximum Gasteiger partial charge on any atom is 0.333 e. The highest BCUT2D eigenvalue weighted by atomic mass is 16.5. The Balaban J connectivity index is 2.95. The first-order valence-corrected chi connectivity index (χ1v) is 7.44. The number of rotatable bonds is 6. The number of nitrogens with one attached hydrogen (secondary N) is 1. The van der Waals surface area contributed by atoms with Crippen LogP contribution in [0.25, 0.3) is 0 Å². The molecule has 6 heteroatoms. The second-order valence-electron chi connectivity index (χ2n) is 5.33. The largest absolute Gasteiger partial charge is 0.463 e. The third-order valence-corrected chi connectivity index (χ3v) is 3.51. The fourth-order valence-corrected chi connectivity index (χ4v) is 2.28. The normalized spacial score (nSPS) is 26.7. The van der Waals surface area contributed by atoms with Crippen LogP contribution in [0.15, 0.2) is 11.6 Å². The lowest BCUT2D eigenvalue weighted by molar-refractivity contribution is -0.139. The van der Waals surface area contributed by atoms with Crippen molar-refractivity contribution in [1.29, 1.82) is 0 Å². The van der Waals surface area contributed by atoms with Crippen LogP contribution in [0.2, 0.25) is 0 Å². The van der Waals surface area contributed by atoms with Crippen molar-refractivity contribution < 1.29 is 19.1 Å². The van der Waals surface area contributed by atoms with Gasteiger partial charge in [-0.05, 0) is 32.8 Å². The van der Waals surface area contributed by atoms with Crippen LogP contribution in [0.5, 0.6) is 0 Å². The molecule has 6 nitrogen and oxygen atoms in total. The van der Waals surface area contributed by atoms with Crippen molar-refractivity contribution in [3.8, 4) is 0 Å². The van der Waals surface area contributed by atoms with Crippen LogP contribution in [-0.4, -0.2) is 42.8 Å². The fraction of sp³-hybridized carbons (Fsp3) is 0.733. The Bertz CT molecular complexity index is 408. The summed E-state index contributed by atoms with van der Waals surface area (Å²) in [6.45, 7) is 7.48. The number of carbonyl (C=O) groups is 2. The number of esters is 1. The summed E-state index contributed by atoms with van der Waals surface area (Å²) in [5, 5.41) is 2.82. The maximum absolute atomic E-state index is 11.9. The minimum atomic E-state index is -0.424. The first kappa shape index (κ1) is 17.7. The molecule has 4 atom stereocenters. The average Bonchev–Trinajstić information content (AvgIpc) is 2.42. The van der Waals surface area contributed by atoms with E-state index in [0.717, 1.165) is 6.42 Å². The van der Waals surface area contributed by atoms with Crippen LogP contribution in [-0.2, 0) is 19.1 Å². The molecule has 1 aliphatic rings. The van der Waals surface area contributed by atoms with Gasteiger partial charge >= 0.3 is 5.97 Å². The molecule has 1 rings (SSSR count). The van der Waals surface area contributed by atoms with Crippen molar-refractivity contribution in [1.82, 2.24) is 5.32 Å². The molecule has 0 aromatic carbocycles. The van der Waals surface area contributed by atoms with Crippen molar-refractivity contribution in [2.45, 2.75) is 64.8 Å². The Labute approximate surface area is 126 Å². The predicted molar refractivity (Wildman–Crippen MR) is 79.5 cm³/mol. The van der Waals surface area contributed by atoms with E-state index in [-0.39, 0.29) is 30.1 Å². The number of amides is 1. The molecule has 0 heterocycles. The van der Waals surface area contributed by atoms with Gasteiger partial charge in [0.1, 0.15) is 0 Å². The molecule has 1 amide bonds. The van der Waals surface area contributed by atoms with Gasteiger partial charge in [0.15, 0.2) is 0 Å². The Hall–Kier alpha value is -1.40. The lowest BCUT2D eigenvalue weighted by atomic mass is 9.88. The van der Waals surface area contributed by atoms with Crippen LogP contribution in [0.4, 0.5) is 0 Å². The summed E-state index contributed by atoms with van der Waals surface area (Å²) in [4.78, 5) is 23.2. The number of carbonyl (C=O) groups excluding carboxylic acids is 2. The summed E-state index contributed by atoms with van der Waals surface area (Å²) in [7, 11) is 0. The van der Waals surface area contributed by atoms with Gasteiger partial charge in [0, 0.05) is 18.5 Å². The lowest BCUT2D eigenvalue weighted by Crippen LogP contribution is -2.57.